The van der Waals surface area contributed by atoms with E-state index in [1.807, 2.05) is 0 Å². The highest BCUT2D eigenvalue weighted by Gasteiger charge is 2.17. The monoisotopic (exact) mass is 446 g/mol. The van der Waals surface area contributed by atoms with E-state index in [0.29, 0.717) is 42.1 Å². The predicted octanol–water partition coefficient (Wildman–Crippen LogP) is 1.85. The summed E-state index contributed by atoms with van der Waals surface area (Å²) in [6.07, 6.45) is 4.60. The van der Waals surface area contributed by atoms with Gasteiger partial charge in [0.15, 0.2) is 6.61 Å². The highest BCUT2D eigenvalue weighted by Crippen LogP contribution is 2.25. The van der Waals surface area contributed by atoms with Crippen molar-refractivity contribution in [1.82, 2.24) is 15.3 Å². The van der Waals surface area contributed by atoms with Crippen molar-refractivity contribution in [1.29, 1.82) is 0 Å². The lowest BCUT2D eigenvalue weighted by molar-refractivity contribution is -0.137. The molecule has 2 heterocycles. The Morgan fingerprint density at radius 3 is 2.71 bits per heavy atom. The van der Waals surface area contributed by atoms with Crippen LogP contribution in [0.25, 0.3) is 0 Å². The van der Waals surface area contributed by atoms with Crippen LogP contribution in [0.3, 0.4) is 0 Å². The number of halogens is 1. The summed E-state index contributed by atoms with van der Waals surface area (Å²) in [4.78, 5) is 29.6. The Balaban J connectivity index is 1.52. The van der Waals surface area contributed by atoms with Crippen LogP contribution in [0.5, 0.6) is 5.75 Å². The average molecular weight is 447 g/mol. The Morgan fingerprint density at radius 2 is 2.00 bits per heavy atom. The number of morpholine rings is 1. The lowest BCUT2D eigenvalue weighted by Gasteiger charge is -2.26. The number of rotatable bonds is 6. The highest BCUT2D eigenvalue weighted by atomic mass is 79.9. The predicted molar refractivity (Wildman–Crippen MR) is 106 cm³/mol. The molecule has 1 aliphatic rings. The number of carbonyl (C=O) groups is 2. The maximum Gasteiger partial charge on any atom is 0.271 e. The van der Waals surface area contributed by atoms with Crippen molar-refractivity contribution < 1.29 is 19.1 Å². The molecule has 1 N–H and O–H groups in total. The number of aromatic nitrogens is 1. The molecule has 0 atom stereocenters. The van der Waals surface area contributed by atoms with Gasteiger partial charge in [-0.2, -0.15) is 5.10 Å². The molecule has 0 spiro atoms. The molecule has 0 bridgehead atoms. The second-order valence-corrected chi connectivity index (χ2v) is 6.76. The van der Waals surface area contributed by atoms with Gasteiger partial charge in [0.05, 0.1) is 23.9 Å². The van der Waals surface area contributed by atoms with Gasteiger partial charge in [-0.25, -0.2) is 5.43 Å². The Labute approximate surface area is 170 Å². The van der Waals surface area contributed by atoms with Crippen molar-refractivity contribution in [2.45, 2.75) is 0 Å². The van der Waals surface area contributed by atoms with Crippen LogP contribution in [-0.4, -0.2) is 60.8 Å². The molecule has 1 aromatic heterocycles. The van der Waals surface area contributed by atoms with E-state index < -0.39 is 0 Å². The summed E-state index contributed by atoms with van der Waals surface area (Å²) in [5, 5.41) is 3.94. The smallest absolute Gasteiger partial charge is 0.271 e. The molecule has 0 radical (unpaired) electrons. The van der Waals surface area contributed by atoms with Crippen LogP contribution in [0.15, 0.2) is 52.3 Å². The first kappa shape index (κ1) is 20.0. The number of hydrogen-bond acceptors (Lipinski definition) is 6. The average Bonchev–Trinajstić information content (AvgIpc) is 2.74. The molecule has 2 amide bonds. The maximum atomic E-state index is 12.1. The number of pyridine rings is 1. The zero-order valence-electron chi connectivity index (χ0n) is 15.0. The lowest BCUT2D eigenvalue weighted by atomic mass is 10.2. The molecule has 1 aliphatic heterocycles. The van der Waals surface area contributed by atoms with Crippen LogP contribution in [0.2, 0.25) is 0 Å². The third-order valence-electron chi connectivity index (χ3n) is 3.99. The molecule has 2 aromatic rings. The van der Waals surface area contributed by atoms with Gasteiger partial charge in [-0.15, -0.1) is 0 Å². The zero-order valence-corrected chi connectivity index (χ0v) is 16.6. The number of nitrogens with one attached hydrogen (secondary N) is 1. The fourth-order valence-corrected chi connectivity index (χ4v) is 3.00. The molecule has 1 fully saturated rings. The summed E-state index contributed by atoms with van der Waals surface area (Å²) in [6, 6.07) is 8.51. The quantitative estimate of drug-likeness (QED) is 0.539. The van der Waals surface area contributed by atoms with Crippen molar-refractivity contribution in [2.75, 3.05) is 32.9 Å². The number of amides is 2. The van der Waals surface area contributed by atoms with E-state index in [2.05, 4.69) is 31.4 Å². The van der Waals surface area contributed by atoms with Crippen LogP contribution in [0, 0.1) is 0 Å². The molecular weight excluding hydrogens is 428 g/mol. The molecule has 0 aliphatic carbocycles. The largest absolute Gasteiger partial charge is 0.483 e. The topological polar surface area (TPSA) is 93.1 Å². The van der Waals surface area contributed by atoms with E-state index in [9.17, 15) is 9.59 Å². The Kier molecular flexibility index (Phi) is 7.10. The third kappa shape index (κ3) is 5.61. The fraction of sp³-hybridized carbons (Fsp3) is 0.263. The SMILES string of the molecule is O=C(NN=Cc1ccc(OCC(=O)N2CCOCC2)c(Br)c1)c1ccncc1. The summed E-state index contributed by atoms with van der Waals surface area (Å²) in [7, 11) is 0. The number of benzene rings is 1. The minimum absolute atomic E-state index is 0.0337. The van der Waals surface area contributed by atoms with Crippen molar-refractivity contribution >= 4 is 34.0 Å². The van der Waals surface area contributed by atoms with Gasteiger partial charge in [0, 0.05) is 31.0 Å². The highest BCUT2D eigenvalue weighted by molar-refractivity contribution is 9.10. The summed E-state index contributed by atoms with van der Waals surface area (Å²) >= 11 is 3.42. The third-order valence-corrected chi connectivity index (χ3v) is 4.61. The molecule has 28 heavy (non-hydrogen) atoms. The molecule has 1 aromatic carbocycles. The fourth-order valence-electron chi connectivity index (χ4n) is 2.49. The van der Waals surface area contributed by atoms with E-state index in [0.717, 1.165) is 5.56 Å². The van der Waals surface area contributed by atoms with Gasteiger partial charge in [0.1, 0.15) is 5.75 Å². The first-order valence-corrected chi connectivity index (χ1v) is 9.44. The van der Waals surface area contributed by atoms with Crippen molar-refractivity contribution in [3.8, 4) is 5.75 Å². The van der Waals surface area contributed by atoms with E-state index in [1.54, 1.807) is 35.2 Å². The van der Waals surface area contributed by atoms with Crippen LogP contribution in [0.1, 0.15) is 15.9 Å². The Morgan fingerprint density at radius 1 is 1.25 bits per heavy atom. The van der Waals surface area contributed by atoms with Gasteiger partial charge in [-0.1, -0.05) is 0 Å². The van der Waals surface area contributed by atoms with Crippen LogP contribution < -0.4 is 10.2 Å². The van der Waals surface area contributed by atoms with Crippen molar-refractivity contribution in [3.63, 3.8) is 0 Å². The van der Waals surface area contributed by atoms with E-state index >= 15 is 0 Å². The minimum Gasteiger partial charge on any atom is -0.483 e. The normalized spacial score (nSPS) is 14.1. The molecule has 0 saturated carbocycles. The molecule has 8 nitrogen and oxygen atoms in total. The summed E-state index contributed by atoms with van der Waals surface area (Å²) < 4.78 is 11.5. The first-order chi connectivity index (χ1) is 13.6. The first-order valence-electron chi connectivity index (χ1n) is 8.65. The van der Waals surface area contributed by atoms with Crippen LogP contribution in [0.4, 0.5) is 0 Å². The van der Waals surface area contributed by atoms with Gasteiger partial charge < -0.3 is 14.4 Å². The molecule has 9 heteroatoms. The van der Waals surface area contributed by atoms with E-state index in [4.69, 9.17) is 9.47 Å². The molecule has 3 rings (SSSR count). The van der Waals surface area contributed by atoms with Crippen molar-refractivity contribution in [3.05, 3.63) is 58.3 Å². The number of nitrogens with zero attached hydrogens (tertiary/aromatic N) is 3. The Hall–Kier alpha value is -2.78. The lowest BCUT2D eigenvalue weighted by Crippen LogP contribution is -2.43. The van der Waals surface area contributed by atoms with E-state index in [1.165, 1.54) is 18.6 Å². The van der Waals surface area contributed by atoms with Gasteiger partial charge >= 0.3 is 0 Å². The second-order valence-electron chi connectivity index (χ2n) is 5.91. The minimum atomic E-state index is -0.320. The maximum absolute atomic E-state index is 12.1. The summed E-state index contributed by atoms with van der Waals surface area (Å²) in [5.74, 6) is 0.165. The second kappa shape index (κ2) is 9.95. The van der Waals surface area contributed by atoms with E-state index in [-0.39, 0.29) is 18.4 Å². The van der Waals surface area contributed by atoms with Crippen LogP contribution in [-0.2, 0) is 9.53 Å². The standard InChI is InChI=1S/C19H19BrN4O4/c20-16-11-14(12-22-23-19(26)15-3-5-21-6-4-15)1-2-17(16)28-13-18(25)24-7-9-27-10-8-24/h1-6,11-12H,7-10,13H2,(H,23,26). The number of ether oxygens (including phenoxy) is 2. The van der Waals surface area contributed by atoms with Crippen LogP contribution >= 0.6 is 15.9 Å². The van der Waals surface area contributed by atoms with Gasteiger partial charge in [-0.05, 0) is 51.8 Å². The molecular formula is C19H19BrN4O4. The molecule has 1 saturated heterocycles. The Bertz CT molecular complexity index is 854. The zero-order chi connectivity index (χ0) is 19.8. The van der Waals surface area contributed by atoms with Gasteiger partial charge in [0.25, 0.3) is 11.8 Å². The van der Waals surface area contributed by atoms with Gasteiger partial charge in [0.2, 0.25) is 0 Å². The number of hydrazone groups is 1. The number of hydrogen-bond donors (Lipinski definition) is 1. The summed E-state index contributed by atoms with van der Waals surface area (Å²) in [6.45, 7) is 2.25. The van der Waals surface area contributed by atoms with Crippen molar-refractivity contribution in [2.24, 2.45) is 5.10 Å². The molecule has 146 valence electrons. The molecule has 0 unspecified atom stereocenters. The van der Waals surface area contributed by atoms with Gasteiger partial charge in [-0.3, -0.25) is 14.6 Å². The summed E-state index contributed by atoms with van der Waals surface area (Å²) in [5.41, 5.74) is 3.69. The number of carbonyl (C=O) groups excluding carboxylic acids is 2.